The number of imidazole rings is 1. The Balaban J connectivity index is 2.25. The Hall–Kier alpha value is -2.23. The number of fused-ring (bicyclic) bond motifs is 1. The average molecular weight is 258 g/mol. The maximum Gasteiger partial charge on any atom is 0.140 e. The minimum atomic E-state index is -0.458. The van der Waals surface area contributed by atoms with Crippen molar-refractivity contribution in [3.63, 3.8) is 0 Å². The van der Waals surface area contributed by atoms with Crippen molar-refractivity contribution in [3.05, 3.63) is 59.4 Å². The second kappa shape index (κ2) is 4.16. The summed E-state index contributed by atoms with van der Waals surface area (Å²) >= 11 is 0. The van der Waals surface area contributed by atoms with E-state index in [4.69, 9.17) is 0 Å². The fourth-order valence-corrected chi connectivity index (χ4v) is 2.13. The van der Waals surface area contributed by atoms with Gasteiger partial charge in [-0.2, -0.15) is 0 Å². The number of aryl methyl sites for hydroxylation is 2. The Kier molecular flexibility index (Phi) is 2.59. The second-order valence-electron chi connectivity index (χ2n) is 4.63. The summed E-state index contributed by atoms with van der Waals surface area (Å²) in [5, 5.41) is 0. The van der Waals surface area contributed by atoms with E-state index < -0.39 is 11.6 Å². The molecule has 0 spiro atoms. The van der Waals surface area contributed by atoms with Gasteiger partial charge in [0, 0.05) is 18.0 Å². The lowest BCUT2D eigenvalue weighted by molar-refractivity contribution is 0.595. The van der Waals surface area contributed by atoms with E-state index in [0.717, 1.165) is 11.2 Å². The lowest BCUT2D eigenvalue weighted by atomic mass is 10.1. The third kappa shape index (κ3) is 1.89. The van der Waals surface area contributed by atoms with E-state index in [2.05, 4.69) is 4.98 Å². The number of nitrogens with zero attached hydrogens (tertiary/aromatic N) is 2. The van der Waals surface area contributed by atoms with E-state index in [1.165, 1.54) is 19.1 Å². The molecule has 0 unspecified atom stereocenters. The van der Waals surface area contributed by atoms with Gasteiger partial charge in [-0.15, -0.1) is 0 Å². The van der Waals surface area contributed by atoms with Crippen LogP contribution >= 0.6 is 0 Å². The van der Waals surface area contributed by atoms with Crippen LogP contribution in [0.2, 0.25) is 0 Å². The van der Waals surface area contributed by atoms with Crippen LogP contribution in [-0.4, -0.2) is 9.38 Å². The molecule has 2 nitrogen and oxygen atoms in total. The molecule has 0 aliphatic rings. The molecular formula is C15H12F2N2. The van der Waals surface area contributed by atoms with Crippen molar-refractivity contribution >= 4 is 5.65 Å². The molecule has 3 aromatic rings. The molecule has 0 saturated carbocycles. The van der Waals surface area contributed by atoms with Crippen molar-refractivity contribution in [2.75, 3.05) is 0 Å². The highest BCUT2D eigenvalue weighted by molar-refractivity contribution is 5.65. The number of rotatable bonds is 1. The quantitative estimate of drug-likeness (QED) is 0.647. The number of aromatic nitrogens is 2. The van der Waals surface area contributed by atoms with Gasteiger partial charge in [-0.3, -0.25) is 0 Å². The van der Waals surface area contributed by atoms with Gasteiger partial charge in [-0.1, -0.05) is 6.07 Å². The molecule has 0 aliphatic heterocycles. The number of hydrogen-bond donors (Lipinski definition) is 0. The van der Waals surface area contributed by atoms with Crippen LogP contribution in [0.1, 0.15) is 11.1 Å². The third-order valence-corrected chi connectivity index (χ3v) is 3.20. The zero-order valence-corrected chi connectivity index (χ0v) is 10.6. The van der Waals surface area contributed by atoms with Crippen LogP contribution in [0.3, 0.4) is 0 Å². The van der Waals surface area contributed by atoms with E-state index in [9.17, 15) is 8.78 Å². The van der Waals surface area contributed by atoms with E-state index in [0.29, 0.717) is 11.3 Å². The first-order chi connectivity index (χ1) is 9.06. The number of benzene rings is 1. The average Bonchev–Trinajstić information content (AvgIpc) is 2.79. The highest BCUT2D eigenvalue weighted by Crippen LogP contribution is 2.25. The molecule has 96 valence electrons. The van der Waals surface area contributed by atoms with Crippen molar-refractivity contribution < 1.29 is 8.78 Å². The molecule has 19 heavy (non-hydrogen) atoms. The van der Waals surface area contributed by atoms with Gasteiger partial charge in [0.2, 0.25) is 0 Å². The van der Waals surface area contributed by atoms with Crippen LogP contribution in [0, 0.1) is 25.5 Å². The van der Waals surface area contributed by atoms with Crippen LogP contribution in [0.25, 0.3) is 16.9 Å². The Morgan fingerprint density at radius 1 is 1.05 bits per heavy atom. The molecule has 0 fully saturated rings. The van der Waals surface area contributed by atoms with Gasteiger partial charge in [0.15, 0.2) is 0 Å². The zero-order chi connectivity index (χ0) is 13.6. The normalized spacial score (nSPS) is 11.2. The smallest absolute Gasteiger partial charge is 0.140 e. The molecular weight excluding hydrogens is 246 g/mol. The SMILES string of the molecule is Cc1cc(F)c(-c2cn3cccc(C)c3n2)cc1F. The topological polar surface area (TPSA) is 17.3 Å². The maximum atomic E-state index is 13.9. The van der Waals surface area contributed by atoms with Crippen molar-refractivity contribution in [2.24, 2.45) is 0 Å². The lowest BCUT2D eigenvalue weighted by Gasteiger charge is -2.02. The highest BCUT2D eigenvalue weighted by Gasteiger charge is 2.13. The summed E-state index contributed by atoms with van der Waals surface area (Å²) in [4.78, 5) is 4.37. The van der Waals surface area contributed by atoms with Crippen LogP contribution < -0.4 is 0 Å². The predicted molar refractivity (Wildman–Crippen MR) is 70.0 cm³/mol. The molecule has 0 atom stereocenters. The van der Waals surface area contributed by atoms with Gasteiger partial charge >= 0.3 is 0 Å². The summed E-state index contributed by atoms with van der Waals surface area (Å²) in [6.45, 7) is 3.47. The second-order valence-corrected chi connectivity index (χ2v) is 4.63. The first kappa shape index (κ1) is 11.8. The Labute approximate surface area is 109 Å². The molecule has 0 bridgehead atoms. The Morgan fingerprint density at radius 3 is 2.58 bits per heavy atom. The van der Waals surface area contributed by atoms with Crippen LogP contribution in [0.15, 0.2) is 36.7 Å². The van der Waals surface area contributed by atoms with E-state index in [1.54, 1.807) is 6.20 Å². The first-order valence-corrected chi connectivity index (χ1v) is 5.96. The minimum absolute atomic E-state index is 0.186. The molecule has 0 radical (unpaired) electrons. The first-order valence-electron chi connectivity index (χ1n) is 5.96. The molecule has 3 rings (SSSR count). The van der Waals surface area contributed by atoms with Crippen LogP contribution in [-0.2, 0) is 0 Å². The standard InChI is InChI=1S/C15H12F2N2/c1-9-4-3-5-19-8-14(18-15(9)19)11-7-12(16)10(2)6-13(11)17/h3-8H,1-2H3. The van der Waals surface area contributed by atoms with Gasteiger partial charge in [-0.05, 0) is 43.2 Å². The molecule has 0 N–H and O–H groups in total. The fraction of sp³-hybridized carbons (Fsp3) is 0.133. The molecule has 0 aliphatic carbocycles. The molecule has 2 heterocycles. The third-order valence-electron chi connectivity index (χ3n) is 3.20. The van der Waals surface area contributed by atoms with Gasteiger partial charge in [0.25, 0.3) is 0 Å². The zero-order valence-electron chi connectivity index (χ0n) is 10.6. The summed E-state index contributed by atoms with van der Waals surface area (Å²) in [6.07, 6.45) is 3.54. The van der Waals surface area contributed by atoms with Gasteiger partial charge in [0.1, 0.15) is 17.3 Å². The maximum absolute atomic E-state index is 13.9. The lowest BCUT2D eigenvalue weighted by Crippen LogP contribution is -1.90. The number of pyridine rings is 1. The van der Waals surface area contributed by atoms with Gasteiger partial charge in [0.05, 0.1) is 5.69 Å². The molecule has 1 aromatic carbocycles. The summed E-state index contributed by atoms with van der Waals surface area (Å²) in [7, 11) is 0. The minimum Gasteiger partial charge on any atom is -0.306 e. The molecule has 0 saturated heterocycles. The number of halogens is 2. The van der Waals surface area contributed by atoms with Crippen molar-refractivity contribution in [2.45, 2.75) is 13.8 Å². The molecule has 4 heteroatoms. The Morgan fingerprint density at radius 2 is 1.84 bits per heavy atom. The molecule has 2 aromatic heterocycles. The van der Waals surface area contributed by atoms with E-state index in [1.807, 2.05) is 29.7 Å². The summed E-state index contributed by atoms with van der Waals surface area (Å²) in [6, 6.07) is 6.21. The van der Waals surface area contributed by atoms with Crippen LogP contribution in [0.4, 0.5) is 8.78 Å². The summed E-state index contributed by atoms with van der Waals surface area (Å²) in [5.74, 6) is -0.884. The van der Waals surface area contributed by atoms with Gasteiger partial charge < -0.3 is 4.40 Å². The monoisotopic (exact) mass is 258 g/mol. The van der Waals surface area contributed by atoms with E-state index >= 15 is 0 Å². The van der Waals surface area contributed by atoms with Crippen molar-refractivity contribution in [1.29, 1.82) is 0 Å². The summed E-state index contributed by atoms with van der Waals surface area (Å²) in [5.41, 5.74) is 2.65. The van der Waals surface area contributed by atoms with Crippen molar-refractivity contribution in [3.8, 4) is 11.3 Å². The van der Waals surface area contributed by atoms with Gasteiger partial charge in [-0.25, -0.2) is 13.8 Å². The predicted octanol–water partition coefficient (Wildman–Crippen LogP) is 3.90. The number of hydrogen-bond acceptors (Lipinski definition) is 1. The molecule has 0 amide bonds. The summed E-state index contributed by atoms with van der Waals surface area (Å²) < 4.78 is 29.3. The largest absolute Gasteiger partial charge is 0.306 e. The highest BCUT2D eigenvalue weighted by atomic mass is 19.1. The van der Waals surface area contributed by atoms with Crippen molar-refractivity contribution in [1.82, 2.24) is 9.38 Å². The fourth-order valence-electron chi connectivity index (χ4n) is 2.13. The Bertz CT molecular complexity index is 775. The van der Waals surface area contributed by atoms with Crippen LogP contribution in [0.5, 0.6) is 0 Å². The van der Waals surface area contributed by atoms with E-state index in [-0.39, 0.29) is 5.56 Å².